The molecule has 24 heteroatoms. The lowest BCUT2D eigenvalue weighted by molar-refractivity contribution is -0.660. The number of halogens is 6. The van der Waals surface area contributed by atoms with Crippen molar-refractivity contribution < 1.29 is 80.2 Å². The summed E-state index contributed by atoms with van der Waals surface area (Å²) in [5.74, 6) is -2.67. The van der Waals surface area contributed by atoms with Crippen LogP contribution in [0.4, 0.5) is 49.1 Å². The summed E-state index contributed by atoms with van der Waals surface area (Å²) < 4.78 is 131. The zero-order valence-corrected chi connectivity index (χ0v) is 79.8. The van der Waals surface area contributed by atoms with Crippen LogP contribution in [-0.4, -0.2) is 0 Å². The van der Waals surface area contributed by atoms with E-state index in [-0.39, 0.29) is 34.3 Å². The van der Waals surface area contributed by atoms with Gasteiger partial charge in [-0.2, -0.15) is 10.5 Å². The number of hydrogen-bond donors (Lipinski definition) is 0. The highest BCUT2D eigenvalue weighted by Crippen LogP contribution is 2.49. The number of furan rings is 6. The Bertz CT molecular complexity index is 9730. The SMILES string of the molecule is Cc1cc(C#N)c2oc3ccc(F)cc3c2c1-c1cccc[n+]1C.Cc1ccc2oc3ccc(F)c(C#N)c3c2c1-c1cccc[n+]1C.[C-]#[N+]c1c(-c2cccc[n+]2C)c(C)cc2oc3ccc(F)cc3c12.[C-]#[N+]c1c(F)ccc2oc3cc(C)c(-c4cccc[n+]4C)cc3c12.[C-]#[N+]c1cc(F)cc2c1oc1ccc(C)c(-c3cccc[n+]3C)c12.[C-]#[N+]c1cc2oc3ccc(C)c(-c4cccc[n+]4C)c3c2cc1F. The van der Waals surface area contributed by atoms with Gasteiger partial charge in [-0.3, -0.25) is 0 Å². The molecule has 12 aromatic heterocycles. The number of nitrogens with zero attached hydrogens (tertiary/aromatic N) is 12. The van der Waals surface area contributed by atoms with Gasteiger partial charge in [0, 0.05) is 143 Å². The molecule has 12 heterocycles. The summed E-state index contributed by atoms with van der Waals surface area (Å²) in [5.41, 5.74) is 26.1. The maximum absolute atomic E-state index is 14.2. The van der Waals surface area contributed by atoms with Gasteiger partial charge in [0.05, 0.1) is 65.2 Å². The molecule has 0 aliphatic carbocycles. The largest absolute Gasteiger partial charge is 0.467 e. The van der Waals surface area contributed by atoms with Crippen LogP contribution >= 0.6 is 0 Å². The van der Waals surface area contributed by atoms with Gasteiger partial charge in [0.1, 0.15) is 151 Å². The Kier molecular flexibility index (Phi) is 25.0. The van der Waals surface area contributed by atoms with Crippen molar-refractivity contribution in [2.45, 2.75) is 41.5 Å². The molecule has 144 heavy (non-hydrogen) atoms. The Morgan fingerprint density at radius 2 is 0.632 bits per heavy atom. The Morgan fingerprint density at radius 1 is 0.257 bits per heavy atom. The van der Waals surface area contributed by atoms with Gasteiger partial charge in [-0.15, -0.1) is 0 Å². The summed E-state index contributed by atoms with van der Waals surface area (Å²) >= 11 is 0. The van der Waals surface area contributed by atoms with Crippen LogP contribution in [-0.2, 0) is 42.3 Å². The molecule has 0 radical (unpaired) electrons. The molecule has 0 amide bonds. The molecule has 0 fully saturated rings. The van der Waals surface area contributed by atoms with Gasteiger partial charge in [-0.25, -0.2) is 73.1 Å². The van der Waals surface area contributed by atoms with E-state index in [2.05, 4.69) is 25.4 Å². The molecule has 0 spiro atoms. The van der Waals surface area contributed by atoms with Crippen LogP contribution < -0.4 is 27.4 Å². The Balaban J connectivity index is 0.000000109. The predicted molar refractivity (Wildman–Crippen MR) is 545 cm³/mol. The maximum Gasteiger partial charge on any atom is 0.233 e. The minimum absolute atomic E-state index is 0.0125. The van der Waals surface area contributed by atoms with Crippen LogP contribution in [0.15, 0.2) is 318 Å². The van der Waals surface area contributed by atoms with E-state index in [9.17, 15) is 36.9 Å². The van der Waals surface area contributed by atoms with Gasteiger partial charge in [-0.1, -0.05) is 18.2 Å². The average molecular weight is 1900 g/mol. The van der Waals surface area contributed by atoms with E-state index < -0.39 is 23.3 Å². The topological polar surface area (TPSA) is 167 Å². The molecule has 0 saturated heterocycles. The van der Waals surface area contributed by atoms with Crippen molar-refractivity contribution in [3.8, 4) is 79.7 Å². The second kappa shape index (κ2) is 38.3. The molecule has 0 N–H and O–H groups in total. The van der Waals surface area contributed by atoms with Crippen LogP contribution in [0.1, 0.15) is 44.5 Å². The van der Waals surface area contributed by atoms with E-state index in [1.54, 1.807) is 24.3 Å². The summed E-state index contributed by atoms with van der Waals surface area (Å²) in [6.45, 7) is 41.4. The number of fused-ring (bicyclic) bond motifs is 18. The standard InChI is InChI=1S/6C20H14FN2O/c1-12-10-18-14(11-13(12)16-6-4-5-9-23(16)3)19-17(24-18)8-7-15(21)20(19)22-2;1-12-10-17-19(14-11-13(21)7-8-16(14)24-17)20(22-2)18(12)15-6-4-5-9-23(15)3;1-12-7-8-17-20(19(12)16-6-4-5-9-23(16)3)13-10-14(21)15(22-2)11-18(13)24-17;1-12-7-8-17-19(18(12)16-6-4-5-9-23(16)3)14-10-13(21)11-15(22-2)20(14)24-17;1-12-6-8-17-20(18(12)15-5-3-4-10-23(15)2)19-13(11-22)14(21)7-9-16(19)24-17;1-12-9-13(11-22)20-19(15-10-14(21)6-7-17(15)24-20)18(12)16-5-3-4-8-23(16)2/h4*4-11H,1,3H3;2*3-10H,1-2H3/q6*+1. The summed E-state index contributed by atoms with van der Waals surface area (Å²) in [4.78, 5) is 13.8. The lowest BCUT2D eigenvalue weighted by Gasteiger charge is -2.08. The van der Waals surface area contributed by atoms with Crippen LogP contribution in [0.2, 0.25) is 0 Å². The molecule has 0 bridgehead atoms. The Morgan fingerprint density at radius 3 is 1.14 bits per heavy atom. The van der Waals surface area contributed by atoms with Crippen molar-refractivity contribution in [1.82, 2.24) is 0 Å². The number of hydrogen-bond acceptors (Lipinski definition) is 8. The number of nitriles is 2. The Hall–Kier alpha value is -19.1. The van der Waals surface area contributed by atoms with Gasteiger partial charge < -0.3 is 26.5 Å². The fraction of sp³-hybridized carbons (Fsp3) is 0.100. The van der Waals surface area contributed by atoms with Gasteiger partial charge in [0.15, 0.2) is 42.8 Å². The lowest BCUT2D eigenvalue weighted by atomic mass is 9.95. The first kappa shape index (κ1) is 93.9. The zero-order valence-electron chi connectivity index (χ0n) is 79.8. The summed E-state index contributed by atoms with van der Waals surface area (Å²) in [5, 5.41) is 27.4. The molecular formula is C120H84F6N12O6+6. The zero-order chi connectivity index (χ0) is 101. The molecule has 0 aliphatic heterocycles. The predicted octanol–water partition coefficient (Wildman–Crippen LogP) is 29.1. The fourth-order valence-electron chi connectivity index (χ4n) is 19.3. The van der Waals surface area contributed by atoms with Crippen LogP contribution in [0, 0.1) is 125 Å². The molecule has 12 aromatic carbocycles. The molecular weight excluding hydrogens is 1820 g/mol. The van der Waals surface area contributed by atoms with E-state index in [4.69, 9.17) is 52.8 Å². The van der Waals surface area contributed by atoms with E-state index >= 15 is 0 Å². The number of aryl methyl sites for hydroxylation is 12. The minimum Gasteiger partial charge on any atom is -0.467 e. The van der Waals surface area contributed by atoms with Crippen LogP contribution in [0.5, 0.6) is 0 Å². The second-order valence-electron chi connectivity index (χ2n) is 35.1. The molecule has 0 unspecified atom stereocenters. The van der Waals surface area contributed by atoms with E-state index in [0.29, 0.717) is 116 Å². The van der Waals surface area contributed by atoms with Crippen molar-refractivity contribution in [2.75, 3.05) is 0 Å². The van der Waals surface area contributed by atoms with Crippen molar-refractivity contribution in [2.24, 2.45) is 42.3 Å². The molecule has 696 valence electrons. The number of rotatable bonds is 6. The molecule has 0 atom stereocenters. The van der Waals surface area contributed by atoms with Gasteiger partial charge in [-0.05, 0) is 239 Å². The Labute approximate surface area is 820 Å². The number of benzene rings is 12. The number of pyridine rings is 6. The van der Waals surface area contributed by atoms with Crippen LogP contribution in [0.3, 0.4) is 0 Å². The first-order valence-electron chi connectivity index (χ1n) is 45.5. The second-order valence-corrected chi connectivity index (χ2v) is 35.1. The highest BCUT2D eigenvalue weighted by atomic mass is 19.1. The normalized spacial score (nSPS) is 11.1. The maximum atomic E-state index is 14.2. The highest BCUT2D eigenvalue weighted by molar-refractivity contribution is 6.20. The lowest BCUT2D eigenvalue weighted by Crippen LogP contribution is -2.30. The van der Waals surface area contributed by atoms with Crippen LogP contribution in [0.25, 0.3) is 219 Å². The van der Waals surface area contributed by atoms with E-state index in [1.165, 1.54) is 60.7 Å². The fourth-order valence-corrected chi connectivity index (χ4v) is 19.3. The van der Waals surface area contributed by atoms with E-state index in [1.807, 2.05) is 324 Å². The minimum atomic E-state index is -0.530. The molecule has 18 nitrogen and oxygen atoms in total. The monoisotopic (exact) mass is 1900 g/mol. The van der Waals surface area contributed by atoms with Crippen molar-refractivity contribution in [3.63, 3.8) is 0 Å². The van der Waals surface area contributed by atoms with Crippen molar-refractivity contribution in [3.05, 3.63) is 417 Å². The van der Waals surface area contributed by atoms with E-state index in [0.717, 1.165) is 128 Å². The summed E-state index contributed by atoms with van der Waals surface area (Å²) in [6, 6.07) is 79.2. The third kappa shape index (κ3) is 16.8. The first-order valence-corrected chi connectivity index (χ1v) is 45.5. The van der Waals surface area contributed by atoms with Crippen molar-refractivity contribution in [1.29, 1.82) is 10.5 Å². The average Bonchev–Trinajstić information content (AvgIpc) is 1.63. The quantitative estimate of drug-likeness (QED) is 0.0901. The molecule has 24 aromatic rings. The highest BCUT2D eigenvalue weighted by Gasteiger charge is 2.31. The van der Waals surface area contributed by atoms with Gasteiger partial charge in [0.25, 0.3) is 0 Å². The first-order chi connectivity index (χ1) is 69.6. The third-order valence-corrected chi connectivity index (χ3v) is 26.0. The summed E-state index contributed by atoms with van der Waals surface area (Å²) in [6.07, 6.45) is 11.8. The van der Waals surface area contributed by atoms with Gasteiger partial charge in [0.2, 0.25) is 56.9 Å². The third-order valence-electron chi connectivity index (χ3n) is 26.0. The van der Waals surface area contributed by atoms with Gasteiger partial charge >= 0.3 is 0 Å². The molecule has 24 rings (SSSR count). The molecule has 0 saturated carbocycles. The smallest absolute Gasteiger partial charge is 0.233 e. The summed E-state index contributed by atoms with van der Waals surface area (Å²) in [7, 11) is 11.8. The molecule has 0 aliphatic rings. The van der Waals surface area contributed by atoms with Crippen molar-refractivity contribution >= 4 is 154 Å². The number of aromatic nitrogens is 6.